The zero-order valence-corrected chi connectivity index (χ0v) is 13.9. The van der Waals surface area contributed by atoms with Crippen LogP contribution in [0.2, 0.25) is 0 Å². The van der Waals surface area contributed by atoms with Gasteiger partial charge in [-0.25, -0.2) is 0 Å². The van der Waals surface area contributed by atoms with Gasteiger partial charge in [-0.3, -0.25) is 19.3 Å². The SMILES string of the molecule is C[C@H]1CNCCN1C(=O)CN1C(=O)C2C3CCC(O3)C2C1=O.Cl. The highest BCUT2D eigenvalue weighted by Gasteiger charge is 2.62. The summed E-state index contributed by atoms with van der Waals surface area (Å²) in [6.45, 7) is 3.98. The molecule has 4 aliphatic rings. The summed E-state index contributed by atoms with van der Waals surface area (Å²) in [6, 6.07) is 0.0908. The minimum atomic E-state index is -0.348. The number of hydrogen-bond donors (Lipinski definition) is 1. The average Bonchev–Trinajstić information content (AvgIpc) is 3.17. The molecule has 23 heavy (non-hydrogen) atoms. The maximum Gasteiger partial charge on any atom is 0.243 e. The van der Waals surface area contributed by atoms with Gasteiger partial charge in [0.05, 0.1) is 24.0 Å². The fraction of sp³-hybridized carbons (Fsp3) is 0.800. The standard InChI is InChI=1S/C15H21N3O4.ClH/c1-8-6-16-4-5-17(8)11(19)7-18-14(20)12-9-2-3-10(22-9)13(12)15(18)21;/h8-10,12-13,16H,2-7H2,1H3;1H/t8-,9?,10?,12?,13?;/m0./s1. The van der Waals surface area contributed by atoms with Crippen molar-refractivity contribution in [2.24, 2.45) is 11.8 Å². The largest absolute Gasteiger partial charge is 0.373 e. The van der Waals surface area contributed by atoms with Gasteiger partial charge in [0.15, 0.2) is 0 Å². The van der Waals surface area contributed by atoms with Crippen molar-refractivity contribution >= 4 is 30.1 Å². The van der Waals surface area contributed by atoms with Gasteiger partial charge in [0.1, 0.15) is 6.54 Å². The fourth-order valence-electron chi connectivity index (χ4n) is 4.37. The first-order valence-electron chi connectivity index (χ1n) is 8.09. The van der Waals surface area contributed by atoms with Gasteiger partial charge < -0.3 is 15.0 Å². The van der Waals surface area contributed by atoms with Crippen LogP contribution in [0.25, 0.3) is 0 Å². The van der Waals surface area contributed by atoms with Gasteiger partial charge in [0, 0.05) is 25.7 Å². The monoisotopic (exact) mass is 343 g/mol. The number of hydrogen-bond acceptors (Lipinski definition) is 5. The maximum absolute atomic E-state index is 12.5. The number of likely N-dealkylation sites (tertiary alicyclic amines) is 1. The number of nitrogens with zero attached hydrogens (tertiary/aromatic N) is 2. The Kier molecular flexibility index (Phi) is 4.37. The minimum absolute atomic E-state index is 0. The third kappa shape index (κ3) is 2.45. The van der Waals surface area contributed by atoms with E-state index in [1.807, 2.05) is 6.92 Å². The molecule has 5 atom stereocenters. The molecular formula is C15H22ClN3O4. The molecule has 2 bridgehead atoms. The lowest BCUT2D eigenvalue weighted by atomic mass is 9.81. The molecule has 4 rings (SSSR count). The van der Waals surface area contributed by atoms with Crippen LogP contribution in [0.1, 0.15) is 19.8 Å². The lowest BCUT2D eigenvalue weighted by molar-refractivity contribution is -0.149. The molecule has 0 saturated carbocycles. The van der Waals surface area contributed by atoms with Gasteiger partial charge in [0.25, 0.3) is 0 Å². The van der Waals surface area contributed by atoms with E-state index in [4.69, 9.17) is 4.74 Å². The molecule has 4 saturated heterocycles. The summed E-state index contributed by atoms with van der Waals surface area (Å²) in [7, 11) is 0. The van der Waals surface area contributed by atoms with Crippen LogP contribution in [-0.4, -0.2) is 72.0 Å². The fourth-order valence-corrected chi connectivity index (χ4v) is 4.37. The summed E-state index contributed by atoms with van der Waals surface area (Å²) in [4.78, 5) is 40.5. The Morgan fingerprint density at radius 1 is 1.22 bits per heavy atom. The Bertz CT molecular complexity index is 515. The predicted octanol–water partition coefficient (Wildman–Crippen LogP) is -0.609. The molecule has 8 heteroatoms. The van der Waals surface area contributed by atoms with E-state index in [-0.39, 0.29) is 66.8 Å². The summed E-state index contributed by atoms with van der Waals surface area (Å²) in [5.41, 5.74) is 0. The van der Waals surface area contributed by atoms with Crippen LogP contribution in [0.4, 0.5) is 0 Å². The molecule has 4 aliphatic heterocycles. The number of carbonyl (C=O) groups is 3. The quantitative estimate of drug-likeness (QED) is 0.677. The lowest BCUT2D eigenvalue weighted by Crippen LogP contribution is -2.55. The number of piperazine rings is 1. The van der Waals surface area contributed by atoms with Gasteiger partial charge in [0.2, 0.25) is 17.7 Å². The van der Waals surface area contributed by atoms with Gasteiger partial charge in [-0.05, 0) is 19.8 Å². The van der Waals surface area contributed by atoms with E-state index in [0.717, 1.165) is 25.9 Å². The van der Waals surface area contributed by atoms with Crippen molar-refractivity contribution in [1.29, 1.82) is 0 Å². The van der Waals surface area contributed by atoms with Crippen molar-refractivity contribution in [1.82, 2.24) is 15.1 Å². The molecule has 3 amide bonds. The molecule has 0 spiro atoms. The van der Waals surface area contributed by atoms with E-state index >= 15 is 0 Å². The zero-order valence-electron chi connectivity index (χ0n) is 13.1. The van der Waals surface area contributed by atoms with E-state index in [1.54, 1.807) is 4.90 Å². The Morgan fingerprint density at radius 2 is 1.83 bits per heavy atom. The van der Waals surface area contributed by atoms with Gasteiger partial charge >= 0.3 is 0 Å². The summed E-state index contributed by atoms with van der Waals surface area (Å²) in [5.74, 6) is -1.25. The highest BCUT2D eigenvalue weighted by atomic mass is 35.5. The van der Waals surface area contributed by atoms with E-state index in [0.29, 0.717) is 6.54 Å². The highest BCUT2D eigenvalue weighted by molar-refractivity contribution is 6.08. The highest BCUT2D eigenvalue weighted by Crippen LogP contribution is 2.48. The second-order valence-electron chi connectivity index (χ2n) is 6.74. The van der Waals surface area contributed by atoms with Crippen molar-refractivity contribution in [3.8, 4) is 0 Å². The third-order valence-electron chi connectivity index (χ3n) is 5.49. The Hall–Kier alpha value is -1.18. The van der Waals surface area contributed by atoms with E-state index in [9.17, 15) is 14.4 Å². The molecule has 4 unspecified atom stereocenters. The molecular weight excluding hydrogens is 322 g/mol. The minimum Gasteiger partial charge on any atom is -0.373 e. The molecule has 0 aromatic carbocycles. The smallest absolute Gasteiger partial charge is 0.243 e. The molecule has 4 heterocycles. The summed E-state index contributed by atoms with van der Waals surface area (Å²) in [5, 5.41) is 3.22. The van der Waals surface area contributed by atoms with Crippen molar-refractivity contribution < 1.29 is 19.1 Å². The number of fused-ring (bicyclic) bond motifs is 5. The van der Waals surface area contributed by atoms with Crippen LogP contribution in [0.5, 0.6) is 0 Å². The van der Waals surface area contributed by atoms with E-state index in [2.05, 4.69) is 5.32 Å². The number of nitrogens with one attached hydrogen (secondary N) is 1. The zero-order chi connectivity index (χ0) is 15.4. The second kappa shape index (κ2) is 6.03. The maximum atomic E-state index is 12.5. The van der Waals surface area contributed by atoms with Crippen molar-refractivity contribution in [2.75, 3.05) is 26.2 Å². The average molecular weight is 344 g/mol. The van der Waals surface area contributed by atoms with Crippen molar-refractivity contribution in [2.45, 2.75) is 38.0 Å². The Balaban J connectivity index is 0.00000156. The molecule has 7 nitrogen and oxygen atoms in total. The van der Waals surface area contributed by atoms with Gasteiger partial charge in [-0.2, -0.15) is 0 Å². The van der Waals surface area contributed by atoms with Crippen LogP contribution in [0.3, 0.4) is 0 Å². The predicted molar refractivity (Wildman–Crippen MR) is 82.9 cm³/mol. The van der Waals surface area contributed by atoms with E-state index < -0.39 is 0 Å². The molecule has 128 valence electrons. The number of ether oxygens (including phenoxy) is 1. The molecule has 0 aliphatic carbocycles. The molecule has 0 aromatic rings. The number of rotatable bonds is 2. The number of halogens is 1. The summed E-state index contributed by atoms with van der Waals surface area (Å²) in [6.07, 6.45) is 1.46. The first-order chi connectivity index (χ1) is 10.6. The Labute approximate surface area is 141 Å². The molecule has 0 radical (unpaired) electrons. The van der Waals surface area contributed by atoms with Crippen LogP contribution in [-0.2, 0) is 19.1 Å². The second-order valence-corrected chi connectivity index (χ2v) is 6.74. The molecule has 1 N–H and O–H groups in total. The molecule has 0 aromatic heterocycles. The van der Waals surface area contributed by atoms with Crippen LogP contribution in [0.15, 0.2) is 0 Å². The van der Waals surface area contributed by atoms with Crippen molar-refractivity contribution in [3.63, 3.8) is 0 Å². The van der Waals surface area contributed by atoms with Crippen LogP contribution < -0.4 is 5.32 Å². The van der Waals surface area contributed by atoms with Crippen LogP contribution in [0, 0.1) is 11.8 Å². The normalized spacial score (nSPS) is 38.7. The summed E-state index contributed by atoms with van der Waals surface area (Å²) >= 11 is 0. The first-order valence-corrected chi connectivity index (χ1v) is 8.09. The topological polar surface area (TPSA) is 79.0 Å². The number of carbonyl (C=O) groups excluding carboxylic acids is 3. The van der Waals surface area contributed by atoms with E-state index in [1.165, 1.54) is 4.90 Å². The number of imide groups is 1. The first kappa shape index (κ1) is 16.7. The molecule has 4 fully saturated rings. The third-order valence-corrected chi connectivity index (χ3v) is 5.49. The number of amides is 3. The van der Waals surface area contributed by atoms with Crippen LogP contribution >= 0.6 is 12.4 Å². The lowest BCUT2D eigenvalue weighted by Gasteiger charge is -2.34. The van der Waals surface area contributed by atoms with Gasteiger partial charge in [-0.15, -0.1) is 12.4 Å². The van der Waals surface area contributed by atoms with Crippen molar-refractivity contribution in [3.05, 3.63) is 0 Å². The Morgan fingerprint density at radius 3 is 2.39 bits per heavy atom. The summed E-state index contributed by atoms with van der Waals surface area (Å²) < 4.78 is 5.69. The van der Waals surface area contributed by atoms with Gasteiger partial charge in [-0.1, -0.05) is 0 Å².